The number of rotatable bonds is 2. The van der Waals surface area contributed by atoms with Crippen molar-refractivity contribution in [2.75, 3.05) is 0 Å². The summed E-state index contributed by atoms with van der Waals surface area (Å²) in [5.41, 5.74) is 2.07. The zero-order valence-corrected chi connectivity index (χ0v) is 16.1. The number of aromatic nitrogens is 4. The number of benzene rings is 1. The van der Waals surface area contributed by atoms with Crippen molar-refractivity contribution in [3.05, 3.63) is 70.4 Å². The number of hydrogen-bond acceptors (Lipinski definition) is 4. The summed E-state index contributed by atoms with van der Waals surface area (Å²) in [6, 6.07) is 7.46. The van der Waals surface area contributed by atoms with Gasteiger partial charge in [-0.15, -0.1) is 5.10 Å². The Hall–Kier alpha value is -2.47. The van der Waals surface area contributed by atoms with Crippen molar-refractivity contribution in [1.82, 2.24) is 20.2 Å². The van der Waals surface area contributed by atoms with E-state index in [0.29, 0.717) is 0 Å². The van der Waals surface area contributed by atoms with Gasteiger partial charge in [0, 0.05) is 6.20 Å². The molecule has 0 saturated heterocycles. The third kappa shape index (κ3) is 2.09. The molecule has 2 aliphatic rings. The largest absolute Gasteiger partial charge is 0.227 e. The highest BCUT2D eigenvalue weighted by Gasteiger charge is 2.65. The van der Waals surface area contributed by atoms with Gasteiger partial charge in [-0.3, -0.25) is 0 Å². The quantitative estimate of drug-likeness (QED) is 0.565. The van der Waals surface area contributed by atoms with Crippen LogP contribution in [0, 0.1) is 17.0 Å². The summed E-state index contributed by atoms with van der Waals surface area (Å²) in [5.74, 6) is -1.09. The first kappa shape index (κ1) is 17.6. The van der Waals surface area contributed by atoms with Crippen molar-refractivity contribution in [1.29, 1.82) is 0 Å². The summed E-state index contributed by atoms with van der Waals surface area (Å²) in [6.07, 6.45) is 3.46. The van der Waals surface area contributed by atoms with E-state index >= 15 is 0 Å². The van der Waals surface area contributed by atoms with Gasteiger partial charge < -0.3 is 0 Å². The molecular weight excluding hydrogens is 382 g/mol. The van der Waals surface area contributed by atoms with E-state index in [1.807, 2.05) is 6.07 Å². The Balaban J connectivity index is 1.74. The van der Waals surface area contributed by atoms with Gasteiger partial charge in [0.2, 0.25) is 5.28 Å². The lowest BCUT2D eigenvalue weighted by molar-refractivity contribution is 0.242. The van der Waals surface area contributed by atoms with Crippen molar-refractivity contribution in [3.8, 4) is 11.3 Å². The first-order valence-corrected chi connectivity index (χ1v) is 9.55. The minimum atomic E-state index is -0.644. The smallest absolute Gasteiger partial charge is 0.222 e. The van der Waals surface area contributed by atoms with Gasteiger partial charge in [0.05, 0.1) is 28.1 Å². The van der Waals surface area contributed by atoms with Crippen LogP contribution in [0.3, 0.4) is 0 Å². The fourth-order valence-electron chi connectivity index (χ4n) is 5.33. The molecule has 5 rings (SSSR count). The van der Waals surface area contributed by atoms with E-state index in [1.165, 1.54) is 18.2 Å². The zero-order chi connectivity index (χ0) is 19.7. The van der Waals surface area contributed by atoms with E-state index in [2.05, 4.69) is 34.0 Å². The van der Waals surface area contributed by atoms with Crippen LogP contribution in [-0.2, 0) is 5.41 Å². The fraction of sp³-hybridized carbons (Fsp3) is 0.333. The Morgan fingerprint density at radius 1 is 1.11 bits per heavy atom. The molecule has 0 radical (unpaired) electrons. The van der Waals surface area contributed by atoms with Gasteiger partial charge in [-0.05, 0) is 65.6 Å². The zero-order valence-electron chi connectivity index (χ0n) is 15.4. The van der Waals surface area contributed by atoms with Crippen molar-refractivity contribution in [2.24, 2.45) is 5.41 Å². The monoisotopic (exact) mass is 398 g/mol. The second-order valence-electron chi connectivity index (χ2n) is 8.06. The molecule has 1 saturated carbocycles. The highest BCUT2D eigenvalue weighted by atomic mass is 35.5. The number of fused-ring (bicyclic) bond motifs is 5. The van der Waals surface area contributed by atoms with Gasteiger partial charge in [0.15, 0.2) is 0 Å². The van der Waals surface area contributed by atoms with Crippen LogP contribution < -0.4 is 0 Å². The van der Waals surface area contributed by atoms with Crippen LogP contribution in [0.25, 0.3) is 11.3 Å². The van der Waals surface area contributed by atoms with E-state index in [1.54, 1.807) is 12.3 Å². The molecule has 3 aromatic rings. The Morgan fingerprint density at radius 2 is 1.86 bits per heavy atom. The minimum Gasteiger partial charge on any atom is -0.227 e. The molecule has 2 aliphatic carbocycles. The average molecular weight is 399 g/mol. The van der Waals surface area contributed by atoms with Crippen molar-refractivity contribution in [2.45, 2.75) is 38.0 Å². The molecule has 1 aromatic carbocycles. The molecular formula is C21H17ClF2N4. The standard InChI is InChI=1S/C21H17ClF2N4/c1-20(2)12-6-8-21(20,16-7-9-25-19(22)26-16)18-11(12)10-15(27-28-18)17-13(23)4-3-5-14(17)24/h3-5,7,9-10,12H,6,8H2,1-2H3/t12-,21-/m0/s1. The third-order valence-corrected chi connectivity index (χ3v) is 6.85. The molecule has 2 atom stereocenters. The molecule has 2 bridgehead atoms. The van der Waals surface area contributed by atoms with Gasteiger partial charge >= 0.3 is 0 Å². The van der Waals surface area contributed by atoms with Crippen molar-refractivity contribution < 1.29 is 8.78 Å². The molecule has 0 unspecified atom stereocenters. The second kappa shape index (κ2) is 5.77. The van der Waals surface area contributed by atoms with Crippen molar-refractivity contribution in [3.63, 3.8) is 0 Å². The van der Waals surface area contributed by atoms with E-state index in [4.69, 9.17) is 11.6 Å². The van der Waals surface area contributed by atoms with Gasteiger partial charge in [0.25, 0.3) is 0 Å². The molecule has 2 heterocycles. The van der Waals surface area contributed by atoms with E-state index in [9.17, 15) is 8.78 Å². The molecule has 4 nitrogen and oxygen atoms in total. The van der Waals surface area contributed by atoms with Crippen LogP contribution in [0.1, 0.15) is 49.6 Å². The summed E-state index contributed by atoms with van der Waals surface area (Å²) in [7, 11) is 0. The van der Waals surface area contributed by atoms with Crippen LogP contribution in [0.4, 0.5) is 8.78 Å². The molecule has 0 aliphatic heterocycles. The minimum absolute atomic E-state index is 0.141. The maximum Gasteiger partial charge on any atom is 0.222 e. The van der Waals surface area contributed by atoms with E-state index in [-0.39, 0.29) is 27.9 Å². The van der Waals surface area contributed by atoms with E-state index < -0.39 is 17.0 Å². The highest BCUT2D eigenvalue weighted by molar-refractivity contribution is 6.28. The average Bonchev–Trinajstić information content (AvgIpc) is 3.03. The summed E-state index contributed by atoms with van der Waals surface area (Å²) in [5, 5.41) is 8.89. The predicted octanol–water partition coefficient (Wildman–Crippen LogP) is 5.07. The van der Waals surface area contributed by atoms with Crippen LogP contribution >= 0.6 is 11.6 Å². The van der Waals surface area contributed by atoms with Crippen LogP contribution in [0.15, 0.2) is 36.5 Å². The molecule has 0 N–H and O–H groups in total. The van der Waals surface area contributed by atoms with Crippen LogP contribution in [0.2, 0.25) is 5.28 Å². The molecule has 7 heteroatoms. The number of halogens is 3. The fourth-order valence-corrected chi connectivity index (χ4v) is 5.48. The van der Waals surface area contributed by atoms with Gasteiger partial charge in [-0.2, -0.15) is 5.10 Å². The first-order valence-electron chi connectivity index (χ1n) is 9.18. The first-order chi connectivity index (χ1) is 13.4. The van der Waals surface area contributed by atoms with Crippen LogP contribution in [-0.4, -0.2) is 20.2 Å². The summed E-state index contributed by atoms with van der Waals surface area (Å²) in [6.45, 7) is 4.37. The van der Waals surface area contributed by atoms with Gasteiger partial charge in [0.1, 0.15) is 11.6 Å². The predicted molar refractivity (Wildman–Crippen MR) is 101 cm³/mol. The normalized spacial score (nSPS) is 24.4. The summed E-state index contributed by atoms with van der Waals surface area (Å²) < 4.78 is 28.5. The molecule has 2 aromatic heterocycles. The van der Waals surface area contributed by atoms with E-state index in [0.717, 1.165) is 29.8 Å². The lowest BCUT2D eigenvalue weighted by Crippen LogP contribution is -2.37. The highest BCUT2D eigenvalue weighted by Crippen LogP contribution is 2.69. The van der Waals surface area contributed by atoms with Crippen molar-refractivity contribution >= 4 is 11.6 Å². The summed E-state index contributed by atoms with van der Waals surface area (Å²) >= 11 is 6.07. The molecule has 0 spiro atoms. The lowest BCUT2D eigenvalue weighted by Gasteiger charge is -2.37. The molecule has 1 fully saturated rings. The topological polar surface area (TPSA) is 51.6 Å². The maximum atomic E-state index is 14.3. The molecule has 0 amide bonds. The number of nitrogens with zero attached hydrogens (tertiary/aromatic N) is 4. The number of hydrogen-bond donors (Lipinski definition) is 0. The Bertz CT molecular complexity index is 1100. The Morgan fingerprint density at radius 3 is 2.57 bits per heavy atom. The van der Waals surface area contributed by atoms with Gasteiger partial charge in [-0.25, -0.2) is 18.7 Å². The Kier molecular flexibility index (Phi) is 3.63. The second-order valence-corrected chi connectivity index (χ2v) is 8.40. The maximum absolute atomic E-state index is 14.3. The molecule has 142 valence electrons. The van der Waals surface area contributed by atoms with Gasteiger partial charge in [-0.1, -0.05) is 19.9 Å². The summed E-state index contributed by atoms with van der Waals surface area (Å²) in [4.78, 5) is 8.50. The Labute approximate surface area is 166 Å². The SMILES string of the molecule is CC1(C)[C@H]2CC[C@]1(c1ccnc(Cl)n1)c1nnc(-c3c(F)cccc3F)cc12. The lowest BCUT2D eigenvalue weighted by atomic mass is 9.66. The third-order valence-electron chi connectivity index (χ3n) is 6.66. The molecule has 28 heavy (non-hydrogen) atoms. The van der Waals surface area contributed by atoms with Crippen LogP contribution in [0.5, 0.6) is 0 Å².